The van der Waals surface area contributed by atoms with E-state index in [1.54, 1.807) is 13.1 Å². The Morgan fingerprint density at radius 3 is 2.44 bits per heavy atom. The van der Waals surface area contributed by atoms with Crippen LogP contribution in [0.5, 0.6) is 0 Å². The summed E-state index contributed by atoms with van der Waals surface area (Å²) in [5.74, 6) is 1.97. The van der Waals surface area contributed by atoms with E-state index in [0.717, 1.165) is 13.0 Å². The average molecular weight is 262 g/mol. The van der Waals surface area contributed by atoms with E-state index in [9.17, 15) is 0 Å². The Morgan fingerprint density at radius 2 is 1.88 bits per heavy atom. The van der Waals surface area contributed by atoms with Crippen LogP contribution >= 0.6 is 23.2 Å². The van der Waals surface area contributed by atoms with Gasteiger partial charge >= 0.3 is 0 Å². The number of pyridine rings is 1. The molecule has 0 unspecified atom stereocenters. The van der Waals surface area contributed by atoms with Gasteiger partial charge in [-0.05, 0) is 18.4 Å². The quantitative estimate of drug-likeness (QED) is 0.845. The number of nitrogens with one attached hydrogen (secondary N) is 2. The average Bonchev–Trinajstić information content (AvgIpc) is 2.20. The highest BCUT2D eigenvalue weighted by molar-refractivity contribution is 6.37. The molecule has 1 aromatic heterocycles. The number of rotatable bonds is 5. The Bertz CT molecular complexity index is 353. The second-order valence-electron chi connectivity index (χ2n) is 4.01. The minimum Gasteiger partial charge on any atom is -0.372 e. The molecule has 16 heavy (non-hydrogen) atoms. The van der Waals surface area contributed by atoms with Gasteiger partial charge in [-0.15, -0.1) is 0 Å². The molecule has 0 aromatic carbocycles. The molecule has 0 aliphatic rings. The highest BCUT2D eigenvalue weighted by atomic mass is 35.5. The highest BCUT2D eigenvalue weighted by Crippen LogP contribution is 2.28. The van der Waals surface area contributed by atoms with E-state index in [2.05, 4.69) is 29.5 Å². The SMILES string of the molecule is CNc1nc(NCCC(C)C)c(Cl)cc1Cl. The first-order chi connectivity index (χ1) is 7.54. The van der Waals surface area contributed by atoms with Crippen molar-refractivity contribution in [2.75, 3.05) is 24.2 Å². The maximum absolute atomic E-state index is 6.04. The van der Waals surface area contributed by atoms with Gasteiger partial charge in [0.05, 0.1) is 10.0 Å². The van der Waals surface area contributed by atoms with Crippen LogP contribution in [-0.4, -0.2) is 18.6 Å². The van der Waals surface area contributed by atoms with Crippen LogP contribution < -0.4 is 10.6 Å². The Kier molecular flexibility index (Phi) is 5.16. The third-order valence-electron chi connectivity index (χ3n) is 2.18. The third-order valence-corrected chi connectivity index (χ3v) is 2.76. The predicted molar refractivity (Wildman–Crippen MR) is 71.7 cm³/mol. The molecule has 90 valence electrons. The summed E-state index contributed by atoms with van der Waals surface area (Å²) in [5, 5.41) is 7.20. The predicted octanol–water partition coefficient (Wildman–Crippen LogP) is 3.89. The third kappa shape index (κ3) is 3.72. The first kappa shape index (κ1) is 13.4. The smallest absolute Gasteiger partial charge is 0.147 e. The molecule has 0 aliphatic heterocycles. The van der Waals surface area contributed by atoms with Crippen molar-refractivity contribution in [3.05, 3.63) is 16.1 Å². The molecule has 0 amide bonds. The van der Waals surface area contributed by atoms with E-state index in [0.29, 0.717) is 27.6 Å². The van der Waals surface area contributed by atoms with E-state index in [1.165, 1.54) is 0 Å². The van der Waals surface area contributed by atoms with Crippen molar-refractivity contribution in [2.24, 2.45) is 5.92 Å². The van der Waals surface area contributed by atoms with Crippen molar-refractivity contribution in [1.82, 2.24) is 4.98 Å². The van der Waals surface area contributed by atoms with Crippen LogP contribution in [-0.2, 0) is 0 Å². The number of hydrogen-bond acceptors (Lipinski definition) is 3. The van der Waals surface area contributed by atoms with Crippen LogP contribution in [0.15, 0.2) is 6.07 Å². The van der Waals surface area contributed by atoms with Crippen LogP contribution in [0.3, 0.4) is 0 Å². The van der Waals surface area contributed by atoms with Gasteiger partial charge < -0.3 is 10.6 Å². The van der Waals surface area contributed by atoms with Crippen molar-refractivity contribution >= 4 is 34.8 Å². The molecular formula is C11H17Cl2N3. The van der Waals surface area contributed by atoms with Crippen LogP contribution in [0.4, 0.5) is 11.6 Å². The van der Waals surface area contributed by atoms with Gasteiger partial charge in [-0.25, -0.2) is 4.98 Å². The van der Waals surface area contributed by atoms with E-state index in [-0.39, 0.29) is 0 Å². The topological polar surface area (TPSA) is 37.0 Å². The zero-order valence-electron chi connectivity index (χ0n) is 9.77. The Balaban J connectivity index is 2.72. The Hall–Kier alpha value is -0.670. The van der Waals surface area contributed by atoms with Gasteiger partial charge in [-0.2, -0.15) is 0 Å². The van der Waals surface area contributed by atoms with Crippen molar-refractivity contribution < 1.29 is 0 Å². The normalized spacial score (nSPS) is 10.6. The van der Waals surface area contributed by atoms with E-state index in [1.807, 2.05) is 0 Å². The lowest BCUT2D eigenvalue weighted by atomic mass is 10.1. The minimum absolute atomic E-state index is 0.530. The molecule has 1 rings (SSSR count). The number of nitrogens with zero attached hydrogens (tertiary/aromatic N) is 1. The highest BCUT2D eigenvalue weighted by Gasteiger charge is 2.07. The van der Waals surface area contributed by atoms with Crippen molar-refractivity contribution in [3.63, 3.8) is 0 Å². The number of hydrogen-bond donors (Lipinski definition) is 2. The molecular weight excluding hydrogens is 245 g/mol. The summed E-state index contributed by atoms with van der Waals surface area (Å²) in [7, 11) is 1.78. The monoisotopic (exact) mass is 261 g/mol. The summed E-state index contributed by atoms with van der Waals surface area (Å²) in [4.78, 5) is 4.30. The van der Waals surface area contributed by atoms with Gasteiger partial charge in [-0.1, -0.05) is 37.0 Å². The largest absolute Gasteiger partial charge is 0.372 e. The summed E-state index contributed by atoms with van der Waals surface area (Å²) in [6, 6.07) is 1.69. The molecule has 0 fully saturated rings. The molecule has 0 bridgehead atoms. The zero-order valence-corrected chi connectivity index (χ0v) is 11.3. The van der Waals surface area contributed by atoms with Crippen molar-refractivity contribution in [1.29, 1.82) is 0 Å². The fourth-order valence-corrected chi connectivity index (χ4v) is 1.77. The maximum Gasteiger partial charge on any atom is 0.147 e. The standard InChI is InChI=1S/C11H17Cl2N3/c1-7(2)4-5-15-11-9(13)6-8(12)10(14-3)16-11/h6-7H,4-5H2,1-3H3,(H2,14,15,16). The Morgan fingerprint density at radius 1 is 1.25 bits per heavy atom. The van der Waals surface area contributed by atoms with Gasteiger partial charge in [0, 0.05) is 13.6 Å². The zero-order chi connectivity index (χ0) is 12.1. The summed E-state index contributed by atoms with van der Waals surface area (Å²) >= 11 is 12.0. The first-order valence-corrected chi connectivity index (χ1v) is 6.07. The molecule has 0 radical (unpaired) electrons. The maximum atomic E-state index is 6.04. The lowest BCUT2D eigenvalue weighted by molar-refractivity contribution is 0.606. The summed E-state index contributed by atoms with van der Waals surface area (Å²) in [6.45, 7) is 5.21. The van der Waals surface area contributed by atoms with E-state index >= 15 is 0 Å². The molecule has 0 spiro atoms. The lowest BCUT2D eigenvalue weighted by Crippen LogP contribution is -2.07. The fraction of sp³-hybridized carbons (Fsp3) is 0.545. The molecule has 5 heteroatoms. The van der Waals surface area contributed by atoms with Gasteiger partial charge in [0.2, 0.25) is 0 Å². The van der Waals surface area contributed by atoms with E-state index < -0.39 is 0 Å². The molecule has 3 nitrogen and oxygen atoms in total. The summed E-state index contributed by atoms with van der Waals surface area (Å²) in [5.41, 5.74) is 0. The second kappa shape index (κ2) is 6.16. The summed E-state index contributed by atoms with van der Waals surface area (Å²) < 4.78 is 0. The lowest BCUT2D eigenvalue weighted by Gasteiger charge is -2.11. The van der Waals surface area contributed by atoms with Crippen molar-refractivity contribution in [3.8, 4) is 0 Å². The first-order valence-electron chi connectivity index (χ1n) is 5.32. The van der Waals surface area contributed by atoms with Gasteiger partial charge in [-0.3, -0.25) is 0 Å². The van der Waals surface area contributed by atoms with E-state index in [4.69, 9.17) is 23.2 Å². The van der Waals surface area contributed by atoms with Gasteiger partial charge in [0.25, 0.3) is 0 Å². The molecule has 1 aromatic rings. The van der Waals surface area contributed by atoms with Crippen LogP contribution in [0, 0.1) is 5.92 Å². The molecule has 0 saturated heterocycles. The fourth-order valence-electron chi connectivity index (χ4n) is 1.25. The molecule has 2 N–H and O–H groups in total. The second-order valence-corrected chi connectivity index (χ2v) is 4.82. The van der Waals surface area contributed by atoms with Crippen LogP contribution in [0.1, 0.15) is 20.3 Å². The van der Waals surface area contributed by atoms with Gasteiger partial charge in [0.1, 0.15) is 11.6 Å². The molecule has 0 aliphatic carbocycles. The minimum atomic E-state index is 0.530. The summed E-state index contributed by atoms with van der Waals surface area (Å²) in [6.07, 6.45) is 1.08. The number of aromatic nitrogens is 1. The van der Waals surface area contributed by atoms with Crippen LogP contribution in [0.2, 0.25) is 10.0 Å². The molecule has 1 heterocycles. The van der Waals surface area contributed by atoms with Crippen molar-refractivity contribution in [2.45, 2.75) is 20.3 Å². The van der Waals surface area contributed by atoms with Gasteiger partial charge in [0.15, 0.2) is 0 Å². The molecule has 0 atom stereocenters. The number of halogens is 2. The number of anilines is 2. The Labute approximate surface area is 107 Å². The van der Waals surface area contributed by atoms with Crippen LogP contribution in [0.25, 0.3) is 0 Å². The molecule has 0 saturated carbocycles.